The minimum absolute atomic E-state index is 0.0100. The maximum atomic E-state index is 13.9. The molecule has 1 aliphatic rings. The average Bonchev–Trinajstić information content (AvgIpc) is 2.67. The number of benzene rings is 3. The fourth-order valence-electron chi connectivity index (χ4n) is 4.20. The molecular weight excluding hydrogens is 401 g/mol. The van der Waals surface area contributed by atoms with Crippen molar-refractivity contribution < 1.29 is 29.3 Å². The minimum atomic E-state index is -0.808. The third-order valence-electron chi connectivity index (χ3n) is 5.48. The van der Waals surface area contributed by atoms with Gasteiger partial charge in [0.05, 0.1) is 22.7 Å². The van der Waals surface area contributed by atoms with Crippen LogP contribution >= 0.6 is 0 Å². The number of aryl methyl sites for hydroxylation is 1. The Hall–Kier alpha value is -3.71. The van der Waals surface area contributed by atoms with Gasteiger partial charge in [-0.05, 0) is 62.5 Å². The van der Waals surface area contributed by atoms with Crippen molar-refractivity contribution in [2.24, 2.45) is 0 Å². The predicted octanol–water partition coefficient (Wildman–Crippen LogP) is 3.68. The highest BCUT2D eigenvalue weighted by Gasteiger charge is 2.38. The second-order valence-corrected chi connectivity index (χ2v) is 7.87. The summed E-state index contributed by atoms with van der Waals surface area (Å²) in [6, 6.07) is 8.84. The Morgan fingerprint density at radius 2 is 1.55 bits per heavy atom. The summed E-state index contributed by atoms with van der Waals surface area (Å²) < 4.78 is 13.9. The van der Waals surface area contributed by atoms with Crippen molar-refractivity contribution >= 4 is 11.6 Å². The van der Waals surface area contributed by atoms with Gasteiger partial charge in [0.2, 0.25) is 5.78 Å². The molecule has 0 saturated heterocycles. The topological polar surface area (TPSA) is 98.1 Å². The number of phenolic OH excluding ortho intramolecular Hbond substituents is 3. The largest absolute Gasteiger partial charge is 0.507 e. The maximum absolute atomic E-state index is 13.9. The van der Waals surface area contributed by atoms with E-state index in [1.54, 1.807) is 32.0 Å². The quantitative estimate of drug-likeness (QED) is 0.467. The van der Waals surface area contributed by atoms with Crippen molar-refractivity contribution in [1.82, 2.24) is 4.90 Å². The summed E-state index contributed by atoms with van der Waals surface area (Å²) in [6.07, 6.45) is 0. The molecule has 0 aliphatic heterocycles. The average molecular weight is 421 g/mol. The first kappa shape index (κ1) is 20.6. The third kappa shape index (κ3) is 3.14. The van der Waals surface area contributed by atoms with Gasteiger partial charge < -0.3 is 15.3 Å². The molecule has 158 valence electrons. The van der Waals surface area contributed by atoms with Crippen LogP contribution in [0.3, 0.4) is 0 Å². The van der Waals surface area contributed by atoms with Crippen LogP contribution in [0, 0.1) is 12.7 Å². The van der Waals surface area contributed by atoms with Crippen LogP contribution in [0.1, 0.15) is 54.6 Å². The molecule has 0 saturated carbocycles. The summed E-state index contributed by atoms with van der Waals surface area (Å²) in [4.78, 5) is 27.9. The van der Waals surface area contributed by atoms with Crippen molar-refractivity contribution in [2.75, 3.05) is 14.1 Å². The number of halogens is 1. The van der Waals surface area contributed by atoms with Gasteiger partial charge in [0.25, 0.3) is 0 Å². The Bertz CT molecular complexity index is 1270. The van der Waals surface area contributed by atoms with E-state index in [9.17, 15) is 29.3 Å². The first-order valence-corrected chi connectivity index (χ1v) is 9.55. The molecule has 1 aliphatic carbocycles. The van der Waals surface area contributed by atoms with Crippen LogP contribution in [0.2, 0.25) is 0 Å². The van der Waals surface area contributed by atoms with Crippen molar-refractivity contribution in [3.8, 4) is 17.2 Å². The number of carbonyl (C=O) groups excluding carboxylic acids is 2. The zero-order valence-corrected chi connectivity index (χ0v) is 17.1. The SMILES string of the molecule is Cc1cc(O)c2c(c1)C(=O)c1cc(O)c(C(c3cccc(F)c3)N(C)C)c(O)c1C2=O. The lowest BCUT2D eigenvalue weighted by atomic mass is 9.80. The number of nitrogens with zero attached hydrogens (tertiary/aromatic N) is 1. The highest BCUT2D eigenvalue weighted by molar-refractivity contribution is 6.30. The first-order valence-electron chi connectivity index (χ1n) is 9.55. The minimum Gasteiger partial charge on any atom is -0.507 e. The summed E-state index contributed by atoms with van der Waals surface area (Å²) in [6.45, 7) is 1.67. The van der Waals surface area contributed by atoms with Gasteiger partial charge in [-0.15, -0.1) is 0 Å². The van der Waals surface area contributed by atoms with E-state index in [1.165, 1.54) is 30.3 Å². The molecule has 6 nitrogen and oxygen atoms in total. The van der Waals surface area contributed by atoms with Crippen LogP contribution < -0.4 is 0 Å². The van der Waals surface area contributed by atoms with Crippen molar-refractivity contribution in [1.29, 1.82) is 0 Å². The van der Waals surface area contributed by atoms with Gasteiger partial charge in [-0.2, -0.15) is 0 Å². The second-order valence-electron chi connectivity index (χ2n) is 7.87. The van der Waals surface area contributed by atoms with E-state index >= 15 is 0 Å². The lowest BCUT2D eigenvalue weighted by Crippen LogP contribution is -2.25. The fourth-order valence-corrected chi connectivity index (χ4v) is 4.20. The summed E-state index contributed by atoms with van der Waals surface area (Å²) in [5.41, 5.74) is 0.350. The molecule has 0 bridgehead atoms. The molecular formula is C24H20FNO5. The normalized spacial score (nSPS) is 13.8. The highest BCUT2D eigenvalue weighted by atomic mass is 19.1. The van der Waals surface area contributed by atoms with E-state index in [1.807, 2.05) is 0 Å². The number of hydrogen-bond donors (Lipinski definition) is 3. The van der Waals surface area contributed by atoms with E-state index in [0.717, 1.165) is 6.07 Å². The van der Waals surface area contributed by atoms with Crippen LogP contribution in [-0.4, -0.2) is 45.9 Å². The second kappa shape index (κ2) is 7.21. The molecule has 3 aromatic carbocycles. The summed E-state index contributed by atoms with van der Waals surface area (Å²) in [7, 11) is 3.34. The maximum Gasteiger partial charge on any atom is 0.201 e. The van der Waals surface area contributed by atoms with Gasteiger partial charge in [-0.25, -0.2) is 4.39 Å². The first-order chi connectivity index (χ1) is 14.6. The van der Waals surface area contributed by atoms with Crippen LogP contribution in [0.15, 0.2) is 42.5 Å². The zero-order chi connectivity index (χ0) is 22.6. The molecule has 4 rings (SSSR count). The third-order valence-corrected chi connectivity index (χ3v) is 5.48. The van der Waals surface area contributed by atoms with E-state index < -0.39 is 34.9 Å². The van der Waals surface area contributed by atoms with E-state index in [4.69, 9.17) is 0 Å². The Kier molecular flexibility index (Phi) is 4.78. The molecule has 7 heteroatoms. The molecule has 0 heterocycles. The van der Waals surface area contributed by atoms with E-state index in [2.05, 4.69) is 0 Å². The fraction of sp³-hybridized carbons (Fsp3) is 0.167. The van der Waals surface area contributed by atoms with Crippen LogP contribution in [0.4, 0.5) is 4.39 Å². The van der Waals surface area contributed by atoms with Gasteiger partial charge >= 0.3 is 0 Å². The monoisotopic (exact) mass is 421 g/mol. The summed E-state index contributed by atoms with van der Waals surface area (Å²) in [5.74, 6) is -3.16. The van der Waals surface area contributed by atoms with Gasteiger partial charge in [0.1, 0.15) is 23.1 Å². The molecule has 3 N–H and O–H groups in total. The Labute approximate surface area is 177 Å². The molecule has 3 aromatic rings. The summed E-state index contributed by atoms with van der Waals surface area (Å²) >= 11 is 0. The number of phenols is 3. The number of hydrogen-bond acceptors (Lipinski definition) is 6. The predicted molar refractivity (Wildman–Crippen MR) is 111 cm³/mol. The Morgan fingerprint density at radius 3 is 2.19 bits per heavy atom. The number of fused-ring (bicyclic) bond motifs is 2. The highest BCUT2D eigenvalue weighted by Crippen LogP contribution is 2.46. The molecule has 31 heavy (non-hydrogen) atoms. The number of aromatic hydroxyl groups is 3. The molecule has 0 aromatic heterocycles. The lowest BCUT2D eigenvalue weighted by Gasteiger charge is -2.29. The zero-order valence-electron chi connectivity index (χ0n) is 17.1. The van der Waals surface area contributed by atoms with Crippen molar-refractivity contribution in [2.45, 2.75) is 13.0 Å². The van der Waals surface area contributed by atoms with Crippen molar-refractivity contribution in [3.05, 3.63) is 87.2 Å². The van der Waals surface area contributed by atoms with Crippen LogP contribution in [0.25, 0.3) is 0 Å². The standard InChI is InChI=1S/C24H20FNO5/c1-11-7-14-18(16(27)8-11)23(30)19-15(22(14)29)10-17(28)20(24(19)31)21(26(2)3)12-5-4-6-13(25)9-12/h4-10,21,27-28,31H,1-3H3. The Balaban J connectivity index is 1.99. The van der Waals surface area contributed by atoms with Crippen molar-refractivity contribution in [3.63, 3.8) is 0 Å². The van der Waals surface area contributed by atoms with Gasteiger partial charge in [0, 0.05) is 11.1 Å². The molecule has 0 spiro atoms. The van der Waals surface area contributed by atoms with E-state index in [-0.39, 0.29) is 33.6 Å². The molecule has 1 unspecified atom stereocenters. The molecule has 1 atom stereocenters. The number of carbonyl (C=O) groups is 2. The number of rotatable bonds is 3. The van der Waals surface area contributed by atoms with Gasteiger partial charge in [0.15, 0.2) is 5.78 Å². The van der Waals surface area contributed by atoms with Gasteiger partial charge in [-0.1, -0.05) is 12.1 Å². The smallest absolute Gasteiger partial charge is 0.201 e. The molecule has 0 amide bonds. The lowest BCUT2D eigenvalue weighted by molar-refractivity contribution is 0.0973. The number of ketones is 2. The Morgan fingerprint density at radius 1 is 0.871 bits per heavy atom. The van der Waals surface area contributed by atoms with Crippen LogP contribution in [-0.2, 0) is 0 Å². The van der Waals surface area contributed by atoms with Gasteiger partial charge in [-0.3, -0.25) is 14.5 Å². The molecule has 0 radical (unpaired) electrons. The van der Waals surface area contributed by atoms with E-state index in [0.29, 0.717) is 11.1 Å². The van der Waals surface area contributed by atoms with Crippen LogP contribution in [0.5, 0.6) is 17.2 Å². The molecule has 0 fully saturated rings. The summed E-state index contributed by atoms with van der Waals surface area (Å²) in [5, 5.41) is 32.2.